The van der Waals surface area contributed by atoms with Crippen LogP contribution in [0.15, 0.2) is 36.5 Å². The maximum absolute atomic E-state index is 13.7. The van der Waals surface area contributed by atoms with E-state index in [0.717, 1.165) is 32.3 Å². The van der Waals surface area contributed by atoms with Crippen molar-refractivity contribution in [1.82, 2.24) is 25.3 Å². The lowest BCUT2D eigenvalue weighted by atomic mass is 9.91. The van der Waals surface area contributed by atoms with Crippen molar-refractivity contribution in [3.05, 3.63) is 48.2 Å². The maximum atomic E-state index is 13.7. The Labute approximate surface area is 219 Å². The Morgan fingerprint density at radius 3 is 2.61 bits per heavy atom. The SMILES string of the molecule is CC1(C(=O)NC2CC2)COC(c2nc(-c3ccc(F)cc3)c(-c3ccnc(NCC4CCCO4)n3)[nH]2)OC1. The molecule has 1 aromatic carbocycles. The predicted molar refractivity (Wildman–Crippen MR) is 136 cm³/mol. The Hall–Kier alpha value is -3.41. The van der Waals surface area contributed by atoms with Gasteiger partial charge in [0.05, 0.1) is 41.8 Å². The molecule has 3 aromatic rings. The highest BCUT2D eigenvalue weighted by atomic mass is 19.1. The number of hydrogen-bond donors (Lipinski definition) is 3. The molecule has 3 fully saturated rings. The summed E-state index contributed by atoms with van der Waals surface area (Å²) in [5.74, 6) is 0.518. The summed E-state index contributed by atoms with van der Waals surface area (Å²) in [4.78, 5) is 29.8. The standard InChI is InChI=1S/C27H31FN6O4/c1-27(25(35)31-18-8-9-18)14-37-24(38-15-27)23-33-21(16-4-6-17(28)7-5-16)22(34-23)20-10-11-29-26(32-20)30-13-19-3-2-12-36-19/h4-7,10-11,18-19,24H,2-3,8-9,12-15H2,1H3,(H,31,35)(H,33,34)(H,29,30,32). The minimum Gasteiger partial charge on any atom is -0.376 e. The highest BCUT2D eigenvalue weighted by Gasteiger charge is 2.42. The number of nitrogens with one attached hydrogen (secondary N) is 3. The van der Waals surface area contributed by atoms with Crippen LogP contribution in [0.3, 0.4) is 0 Å². The third kappa shape index (κ3) is 5.40. The lowest BCUT2D eigenvalue weighted by molar-refractivity contribution is -0.231. The Bertz CT molecular complexity index is 1280. The van der Waals surface area contributed by atoms with Crippen LogP contribution in [0.4, 0.5) is 10.3 Å². The lowest BCUT2D eigenvalue weighted by Gasteiger charge is -2.35. The molecule has 4 heterocycles. The molecular weight excluding hydrogens is 491 g/mol. The molecule has 3 N–H and O–H groups in total. The fourth-order valence-corrected chi connectivity index (χ4v) is 4.58. The summed E-state index contributed by atoms with van der Waals surface area (Å²) in [6, 6.07) is 8.15. The van der Waals surface area contributed by atoms with Crippen LogP contribution >= 0.6 is 0 Å². The molecule has 200 valence electrons. The molecule has 38 heavy (non-hydrogen) atoms. The number of aromatic amines is 1. The number of amides is 1. The number of halogens is 1. The molecule has 3 aliphatic rings. The average Bonchev–Trinajstić information content (AvgIpc) is 3.40. The molecule has 2 aliphatic heterocycles. The Morgan fingerprint density at radius 2 is 1.89 bits per heavy atom. The second-order valence-corrected chi connectivity index (χ2v) is 10.4. The first kappa shape index (κ1) is 24.9. The van der Waals surface area contributed by atoms with Crippen molar-refractivity contribution < 1.29 is 23.4 Å². The quantitative estimate of drug-likeness (QED) is 0.410. The fourth-order valence-electron chi connectivity index (χ4n) is 4.58. The molecule has 10 nitrogen and oxygen atoms in total. The van der Waals surface area contributed by atoms with Gasteiger partial charge in [-0.15, -0.1) is 0 Å². The fraction of sp³-hybridized carbons (Fsp3) is 0.481. The second-order valence-electron chi connectivity index (χ2n) is 10.4. The Balaban J connectivity index is 1.25. The molecule has 0 radical (unpaired) electrons. The topological polar surface area (TPSA) is 123 Å². The number of hydrogen-bond acceptors (Lipinski definition) is 8. The normalized spacial score (nSPS) is 25.3. The monoisotopic (exact) mass is 522 g/mol. The van der Waals surface area contributed by atoms with Crippen LogP contribution < -0.4 is 10.6 Å². The molecule has 1 saturated carbocycles. The van der Waals surface area contributed by atoms with Gasteiger partial charge in [0.15, 0.2) is 5.82 Å². The molecule has 2 saturated heterocycles. The smallest absolute Gasteiger partial charge is 0.230 e. The summed E-state index contributed by atoms with van der Waals surface area (Å²) in [6.07, 6.45) is 5.13. The Morgan fingerprint density at radius 1 is 1.11 bits per heavy atom. The first-order valence-electron chi connectivity index (χ1n) is 13.1. The van der Waals surface area contributed by atoms with Crippen LogP contribution in [0.2, 0.25) is 0 Å². The van der Waals surface area contributed by atoms with E-state index in [1.165, 1.54) is 12.1 Å². The van der Waals surface area contributed by atoms with E-state index in [4.69, 9.17) is 19.2 Å². The number of H-pyrrole nitrogens is 1. The van der Waals surface area contributed by atoms with Gasteiger partial charge in [0.25, 0.3) is 0 Å². The van der Waals surface area contributed by atoms with Crippen LogP contribution in [0.1, 0.15) is 44.7 Å². The third-order valence-electron chi connectivity index (χ3n) is 7.05. The van der Waals surface area contributed by atoms with E-state index in [9.17, 15) is 9.18 Å². The first-order chi connectivity index (χ1) is 18.5. The van der Waals surface area contributed by atoms with E-state index in [2.05, 4.69) is 25.6 Å². The predicted octanol–water partition coefficient (Wildman–Crippen LogP) is 3.59. The van der Waals surface area contributed by atoms with Crippen molar-refractivity contribution in [3.8, 4) is 22.6 Å². The molecule has 0 spiro atoms. The van der Waals surface area contributed by atoms with E-state index in [1.807, 2.05) is 6.92 Å². The van der Waals surface area contributed by atoms with Crippen LogP contribution in [0.5, 0.6) is 0 Å². The van der Waals surface area contributed by atoms with Gasteiger partial charge in [-0.25, -0.2) is 19.3 Å². The molecule has 1 atom stereocenters. The minimum absolute atomic E-state index is 0.0606. The van der Waals surface area contributed by atoms with E-state index in [0.29, 0.717) is 41.0 Å². The van der Waals surface area contributed by atoms with Crippen molar-refractivity contribution in [3.63, 3.8) is 0 Å². The summed E-state index contributed by atoms with van der Waals surface area (Å²) in [5, 5.41) is 6.28. The largest absolute Gasteiger partial charge is 0.376 e. The number of rotatable bonds is 8. The van der Waals surface area contributed by atoms with E-state index in [1.54, 1.807) is 24.4 Å². The van der Waals surface area contributed by atoms with Crippen LogP contribution in [0.25, 0.3) is 22.6 Å². The number of benzene rings is 1. The number of aromatic nitrogens is 4. The summed E-state index contributed by atoms with van der Waals surface area (Å²) < 4.78 is 31.3. The molecule has 1 amide bonds. The molecule has 1 aliphatic carbocycles. The van der Waals surface area contributed by atoms with Crippen molar-refractivity contribution in [1.29, 1.82) is 0 Å². The molecular formula is C27H31FN6O4. The van der Waals surface area contributed by atoms with Gasteiger partial charge in [0.2, 0.25) is 18.1 Å². The summed E-state index contributed by atoms with van der Waals surface area (Å²) in [6.45, 7) is 3.64. The van der Waals surface area contributed by atoms with Gasteiger partial charge in [-0.1, -0.05) is 0 Å². The zero-order valence-electron chi connectivity index (χ0n) is 21.2. The van der Waals surface area contributed by atoms with Crippen LogP contribution in [-0.4, -0.2) is 64.4 Å². The number of ether oxygens (including phenoxy) is 3. The summed E-state index contributed by atoms with van der Waals surface area (Å²) in [5.41, 5.74) is 1.75. The number of carbonyl (C=O) groups excluding carboxylic acids is 1. The Kier molecular flexibility index (Phi) is 6.81. The number of imidazole rings is 1. The zero-order chi connectivity index (χ0) is 26.1. The van der Waals surface area contributed by atoms with Gasteiger partial charge >= 0.3 is 0 Å². The minimum atomic E-state index is -0.788. The molecule has 2 aromatic heterocycles. The van der Waals surface area contributed by atoms with E-state index < -0.39 is 11.7 Å². The highest BCUT2D eigenvalue weighted by Crippen LogP contribution is 2.36. The second kappa shape index (κ2) is 10.4. The number of nitrogens with zero attached hydrogens (tertiary/aromatic N) is 3. The lowest BCUT2D eigenvalue weighted by Crippen LogP contribution is -2.49. The number of anilines is 1. The van der Waals surface area contributed by atoms with Crippen LogP contribution in [-0.2, 0) is 19.0 Å². The van der Waals surface area contributed by atoms with Gasteiger partial charge in [-0.3, -0.25) is 4.79 Å². The average molecular weight is 523 g/mol. The molecule has 6 rings (SSSR count). The van der Waals surface area contributed by atoms with Crippen molar-refractivity contribution >= 4 is 11.9 Å². The molecule has 1 unspecified atom stereocenters. The van der Waals surface area contributed by atoms with Gasteiger partial charge < -0.3 is 29.8 Å². The highest BCUT2D eigenvalue weighted by molar-refractivity contribution is 5.83. The maximum Gasteiger partial charge on any atom is 0.230 e. The van der Waals surface area contributed by atoms with Gasteiger partial charge in [-0.05, 0) is 62.9 Å². The summed E-state index contributed by atoms with van der Waals surface area (Å²) in [7, 11) is 0. The van der Waals surface area contributed by atoms with E-state index in [-0.39, 0.29) is 37.1 Å². The molecule has 11 heteroatoms. The van der Waals surface area contributed by atoms with Crippen molar-refractivity contribution in [2.24, 2.45) is 5.41 Å². The van der Waals surface area contributed by atoms with Crippen molar-refractivity contribution in [2.45, 2.75) is 51.0 Å². The zero-order valence-corrected chi connectivity index (χ0v) is 21.2. The third-order valence-corrected chi connectivity index (χ3v) is 7.05. The van der Waals surface area contributed by atoms with Crippen molar-refractivity contribution in [2.75, 3.05) is 31.7 Å². The van der Waals surface area contributed by atoms with E-state index >= 15 is 0 Å². The molecule has 0 bridgehead atoms. The van der Waals surface area contributed by atoms with Gasteiger partial charge in [-0.2, -0.15) is 0 Å². The van der Waals surface area contributed by atoms with Gasteiger partial charge in [0.1, 0.15) is 5.82 Å². The first-order valence-corrected chi connectivity index (χ1v) is 13.1. The number of carbonyl (C=O) groups is 1. The van der Waals surface area contributed by atoms with Gasteiger partial charge in [0, 0.05) is 31.0 Å². The summed E-state index contributed by atoms with van der Waals surface area (Å²) >= 11 is 0. The van der Waals surface area contributed by atoms with Crippen LogP contribution in [0, 0.1) is 11.2 Å².